The first-order valence-corrected chi connectivity index (χ1v) is 6.23. The Balaban J connectivity index is 2.27. The van der Waals surface area contributed by atoms with Crippen LogP contribution >= 0.6 is 0 Å². The van der Waals surface area contributed by atoms with Crippen LogP contribution in [0, 0.1) is 0 Å². The Morgan fingerprint density at radius 2 is 1.83 bits per heavy atom. The molecule has 2 aromatic rings. The smallest absolute Gasteiger partial charge is 0.119 e. The zero-order valence-corrected chi connectivity index (χ0v) is 11.0. The van der Waals surface area contributed by atoms with E-state index in [-0.39, 0.29) is 0 Å². The van der Waals surface area contributed by atoms with E-state index in [4.69, 9.17) is 10.5 Å². The Morgan fingerprint density at radius 3 is 2.56 bits per heavy atom. The first-order valence-electron chi connectivity index (χ1n) is 6.23. The molecule has 2 aromatic carbocycles. The standard InChI is InChI=1S/C15H20N2O/c1-17(9-3-8-16)14-6-4-13-11-15(18-2)7-5-12(13)10-14/h4-7,10-11H,3,8-9,16H2,1-2H3. The molecule has 3 heteroatoms. The van der Waals surface area contributed by atoms with Gasteiger partial charge in [0, 0.05) is 19.3 Å². The highest BCUT2D eigenvalue weighted by Crippen LogP contribution is 2.25. The molecule has 0 aliphatic heterocycles. The van der Waals surface area contributed by atoms with Crippen molar-refractivity contribution in [2.45, 2.75) is 6.42 Å². The number of hydrogen-bond acceptors (Lipinski definition) is 3. The number of benzene rings is 2. The first kappa shape index (κ1) is 12.7. The molecule has 2 N–H and O–H groups in total. The van der Waals surface area contributed by atoms with Gasteiger partial charge in [-0.3, -0.25) is 0 Å². The van der Waals surface area contributed by atoms with Crippen LogP contribution < -0.4 is 15.4 Å². The second-order valence-electron chi connectivity index (χ2n) is 4.46. The van der Waals surface area contributed by atoms with Crippen LogP contribution in [-0.4, -0.2) is 27.2 Å². The molecule has 18 heavy (non-hydrogen) atoms. The van der Waals surface area contributed by atoms with Gasteiger partial charge < -0.3 is 15.4 Å². The van der Waals surface area contributed by atoms with Crippen LogP contribution in [0.1, 0.15) is 6.42 Å². The van der Waals surface area contributed by atoms with Gasteiger partial charge in [-0.2, -0.15) is 0 Å². The Labute approximate surface area is 108 Å². The van der Waals surface area contributed by atoms with Crippen molar-refractivity contribution in [2.24, 2.45) is 5.73 Å². The largest absolute Gasteiger partial charge is 0.497 e. The second kappa shape index (κ2) is 5.74. The van der Waals surface area contributed by atoms with Gasteiger partial charge in [0.15, 0.2) is 0 Å². The highest BCUT2D eigenvalue weighted by molar-refractivity contribution is 5.87. The Hall–Kier alpha value is -1.74. The predicted molar refractivity (Wildman–Crippen MR) is 77.4 cm³/mol. The molecule has 0 atom stereocenters. The molecular formula is C15H20N2O. The molecule has 0 heterocycles. The van der Waals surface area contributed by atoms with Gasteiger partial charge in [0.05, 0.1) is 7.11 Å². The van der Waals surface area contributed by atoms with Crippen molar-refractivity contribution < 1.29 is 4.74 Å². The third-order valence-corrected chi connectivity index (χ3v) is 3.17. The zero-order chi connectivity index (χ0) is 13.0. The number of anilines is 1. The van der Waals surface area contributed by atoms with E-state index >= 15 is 0 Å². The summed E-state index contributed by atoms with van der Waals surface area (Å²) in [5, 5.41) is 2.43. The van der Waals surface area contributed by atoms with Crippen LogP contribution in [0.5, 0.6) is 5.75 Å². The molecule has 0 spiro atoms. The third-order valence-electron chi connectivity index (χ3n) is 3.17. The first-order chi connectivity index (χ1) is 8.74. The minimum Gasteiger partial charge on any atom is -0.497 e. The molecule has 0 saturated heterocycles. The number of ether oxygens (including phenoxy) is 1. The SMILES string of the molecule is COc1ccc2cc(N(C)CCCN)ccc2c1. The molecule has 0 radical (unpaired) electrons. The normalized spacial score (nSPS) is 10.6. The molecule has 0 fully saturated rings. The summed E-state index contributed by atoms with van der Waals surface area (Å²) in [4.78, 5) is 2.23. The summed E-state index contributed by atoms with van der Waals surface area (Å²) in [5.41, 5.74) is 6.76. The van der Waals surface area contributed by atoms with Gasteiger partial charge in [-0.05, 0) is 48.0 Å². The maximum atomic E-state index is 5.54. The lowest BCUT2D eigenvalue weighted by Crippen LogP contribution is -2.20. The summed E-state index contributed by atoms with van der Waals surface area (Å²) in [5.74, 6) is 0.895. The maximum Gasteiger partial charge on any atom is 0.119 e. The van der Waals surface area contributed by atoms with Gasteiger partial charge in [0.1, 0.15) is 5.75 Å². The lowest BCUT2D eigenvalue weighted by atomic mass is 10.1. The molecular weight excluding hydrogens is 224 g/mol. The van der Waals surface area contributed by atoms with E-state index in [0.29, 0.717) is 0 Å². The fraction of sp³-hybridized carbons (Fsp3) is 0.333. The summed E-state index contributed by atoms with van der Waals surface area (Å²) < 4.78 is 5.23. The Morgan fingerprint density at radius 1 is 1.11 bits per heavy atom. The van der Waals surface area contributed by atoms with Crippen LogP contribution in [0.25, 0.3) is 10.8 Å². The molecule has 0 unspecified atom stereocenters. The van der Waals surface area contributed by atoms with Gasteiger partial charge in [0.25, 0.3) is 0 Å². The lowest BCUT2D eigenvalue weighted by Gasteiger charge is -2.19. The van der Waals surface area contributed by atoms with Gasteiger partial charge in [-0.25, -0.2) is 0 Å². The molecule has 0 aliphatic carbocycles. The molecule has 0 bridgehead atoms. The highest BCUT2D eigenvalue weighted by atomic mass is 16.5. The number of rotatable bonds is 5. The van der Waals surface area contributed by atoms with Gasteiger partial charge in [0.2, 0.25) is 0 Å². The van der Waals surface area contributed by atoms with Crippen LogP contribution in [0.15, 0.2) is 36.4 Å². The quantitative estimate of drug-likeness (QED) is 0.878. The van der Waals surface area contributed by atoms with E-state index < -0.39 is 0 Å². The van der Waals surface area contributed by atoms with Crippen molar-refractivity contribution in [2.75, 3.05) is 32.1 Å². The topological polar surface area (TPSA) is 38.5 Å². The van der Waals surface area contributed by atoms with Crippen LogP contribution in [-0.2, 0) is 0 Å². The van der Waals surface area contributed by atoms with E-state index in [9.17, 15) is 0 Å². The van der Waals surface area contributed by atoms with Crippen molar-refractivity contribution >= 4 is 16.5 Å². The minimum absolute atomic E-state index is 0.731. The number of fused-ring (bicyclic) bond motifs is 1. The Kier molecular flexibility index (Phi) is 4.05. The molecule has 0 saturated carbocycles. The fourth-order valence-corrected chi connectivity index (χ4v) is 2.03. The highest BCUT2D eigenvalue weighted by Gasteiger charge is 2.02. The summed E-state index contributed by atoms with van der Waals surface area (Å²) >= 11 is 0. The monoisotopic (exact) mass is 244 g/mol. The summed E-state index contributed by atoms with van der Waals surface area (Å²) in [6.45, 7) is 1.72. The van der Waals surface area contributed by atoms with Crippen molar-refractivity contribution in [1.29, 1.82) is 0 Å². The van der Waals surface area contributed by atoms with E-state index in [1.807, 2.05) is 6.07 Å². The summed E-state index contributed by atoms with van der Waals surface area (Å²) in [6, 6.07) is 12.6. The average Bonchev–Trinajstić information content (AvgIpc) is 2.43. The van der Waals surface area contributed by atoms with E-state index in [1.54, 1.807) is 7.11 Å². The van der Waals surface area contributed by atoms with Crippen molar-refractivity contribution in [1.82, 2.24) is 0 Å². The summed E-state index contributed by atoms with van der Waals surface area (Å²) in [6.07, 6.45) is 1.01. The number of hydrogen-bond donors (Lipinski definition) is 1. The van der Waals surface area contributed by atoms with E-state index in [2.05, 4.69) is 42.3 Å². The van der Waals surface area contributed by atoms with E-state index in [1.165, 1.54) is 16.5 Å². The van der Waals surface area contributed by atoms with Crippen LogP contribution in [0.2, 0.25) is 0 Å². The molecule has 96 valence electrons. The third kappa shape index (κ3) is 2.74. The average molecular weight is 244 g/mol. The maximum absolute atomic E-state index is 5.54. The van der Waals surface area contributed by atoms with Gasteiger partial charge >= 0.3 is 0 Å². The lowest BCUT2D eigenvalue weighted by molar-refractivity contribution is 0.415. The van der Waals surface area contributed by atoms with Crippen molar-refractivity contribution in [3.05, 3.63) is 36.4 Å². The number of methoxy groups -OCH3 is 1. The van der Waals surface area contributed by atoms with Gasteiger partial charge in [-0.15, -0.1) is 0 Å². The zero-order valence-electron chi connectivity index (χ0n) is 11.0. The molecule has 0 aliphatic rings. The number of nitrogens with zero attached hydrogens (tertiary/aromatic N) is 1. The van der Waals surface area contributed by atoms with Crippen molar-refractivity contribution in [3.63, 3.8) is 0 Å². The molecule has 2 rings (SSSR count). The molecule has 0 aromatic heterocycles. The van der Waals surface area contributed by atoms with Crippen LogP contribution in [0.4, 0.5) is 5.69 Å². The predicted octanol–water partition coefficient (Wildman–Crippen LogP) is 2.63. The van der Waals surface area contributed by atoms with Gasteiger partial charge in [-0.1, -0.05) is 12.1 Å². The fourth-order valence-electron chi connectivity index (χ4n) is 2.03. The Bertz CT molecular complexity index is 525. The minimum atomic E-state index is 0.731. The van der Waals surface area contributed by atoms with Crippen molar-refractivity contribution in [3.8, 4) is 5.75 Å². The summed E-state index contributed by atoms with van der Waals surface area (Å²) in [7, 11) is 3.79. The van der Waals surface area contributed by atoms with Crippen LogP contribution in [0.3, 0.4) is 0 Å². The molecule has 3 nitrogen and oxygen atoms in total. The molecule has 0 amide bonds. The van der Waals surface area contributed by atoms with E-state index in [0.717, 1.165) is 25.3 Å². The second-order valence-corrected chi connectivity index (χ2v) is 4.46. The number of nitrogens with two attached hydrogens (primary N) is 1.